The molecule has 0 saturated carbocycles. The van der Waals surface area contributed by atoms with Crippen molar-refractivity contribution in [2.45, 2.75) is 6.92 Å². The van der Waals surface area contributed by atoms with Gasteiger partial charge in [-0.3, -0.25) is 4.79 Å². The number of hydrazone groups is 1. The lowest BCUT2D eigenvalue weighted by atomic mass is 10.2. The summed E-state index contributed by atoms with van der Waals surface area (Å²) in [4.78, 5) is 24.3. The number of para-hydroxylation sites is 1. The van der Waals surface area contributed by atoms with E-state index in [4.69, 9.17) is 18.9 Å². The highest BCUT2D eigenvalue weighted by Gasteiger charge is 2.13. The molecule has 3 aromatic rings. The molecule has 170 valence electrons. The number of methoxy groups -OCH3 is 2. The second-order valence-corrected chi connectivity index (χ2v) is 6.88. The van der Waals surface area contributed by atoms with Gasteiger partial charge in [0.15, 0.2) is 18.1 Å². The molecule has 0 saturated heterocycles. The molecule has 3 aromatic carbocycles. The van der Waals surface area contributed by atoms with Gasteiger partial charge in [-0.05, 0) is 66.6 Å². The van der Waals surface area contributed by atoms with Crippen molar-refractivity contribution >= 4 is 18.1 Å². The van der Waals surface area contributed by atoms with E-state index >= 15 is 0 Å². The quantitative estimate of drug-likeness (QED) is 0.232. The van der Waals surface area contributed by atoms with E-state index in [2.05, 4.69) is 10.5 Å². The van der Waals surface area contributed by atoms with Gasteiger partial charge in [-0.2, -0.15) is 5.10 Å². The highest BCUT2D eigenvalue weighted by molar-refractivity contribution is 5.92. The number of esters is 1. The second-order valence-electron chi connectivity index (χ2n) is 6.88. The molecular weight excluding hydrogens is 424 g/mol. The maximum atomic E-state index is 12.4. The minimum Gasteiger partial charge on any atom is -0.493 e. The van der Waals surface area contributed by atoms with Crippen molar-refractivity contribution in [3.8, 4) is 23.0 Å². The maximum absolute atomic E-state index is 12.4. The summed E-state index contributed by atoms with van der Waals surface area (Å²) in [6.07, 6.45) is 1.48. The van der Waals surface area contributed by atoms with E-state index in [1.54, 1.807) is 48.5 Å². The number of hydrogen-bond acceptors (Lipinski definition) is 7. The first kappa shape index (κ1) is 23.3. The molecule has 1 amide bonds. The molecule has 0 unspecified atom stereocenters. The van der Waals surface area contributed by atoms with Crippen molar-refractivity contribution in [3.05, 3.63) is 83.4 Å². The maximum Gasteiger partial charge on any atom is 0.343 e. The van der Waals surface area contributed by atoms with Crippen LogP contribution in [-0.4, -0.2) is 38.9 Å². The van der Waals surface area contributed by atoms with Crippen LogP contribution in [0.25, 0.3) is 0 Å². The van der Waals surface area contributed by atoms with Crippen LogP contribution < -0.4 is 24.4 Å². The number of rotatable bonds is 9. The Morgan fingerprint density at radius 3 is 2.33 bits per heavy atom. The number of nitrogens with zero attached hydrogens (tertiary/aromatic N) is 1. The van der Waals surface area contributed by atoms with Gasteiger partial charge in [-0.25, -0.2) is 10.2 Å². The number of carbonyl (C=O) groups excluding carboxylic acids is 2. The molecule has 8 heteroatoms. The number of benzene rings is 3. The SMILES string of the molecule is COc1ccc(C(=O)Oc2ccc(/C=N/NC(=O)COc3ccccc3C)cc2)cc1OC. The minimum absolute atomic E-state index is 0.146. The van der Waals surface area contributed by atoms with E-state index in [0.717, 1.165) is 5.56 Å². The van der Waals surface area contributed by atoms with Crippen LogP contribution in [0.15, 0.2) is 71.8 Å². The van der Waals surface area contributed by atoms with Crippen molar-refractivity contribution in [3.63, 3.8) is 0 Å². The highest BCUT2D eigenvalue weighted by atomic mass is 16.5. The molecule has 0 aliphatic heterocycles. The summed E-state index contributed by atoms with van der Waals surface area (Å²) in [5, 5.41) is 3.91. The molecule has 8 nitrogen and oxygen atoms in total. The Morgan fingerprint density at radius 1 is 0.909 bits per heavy atom. The fraction of sp³-hybridized carbons (Fsp3) is 0.160. The highest BCUT2D eigenvalue weighted by Crippen LogP contribution is 2.28. The van der Waals surface area contributed by atoms with Crippen LogP contribution in [0.1, 0.15) is 21.5 Å². The Kier molecular flexibility index (Phi) is 8.02. The lowest BCUT2D eigenvalue weighted by Gasteiger charge is -2.09. The molecule has 0 spiro atoms. The minimum atomic E-state index is -0.529. The number of amides is 1. The topological polar surface area (TPSA) is 95.5 Å². The van der Waals surface area contributed by atoms with Crippen LogP contribution in [0.4, 0.5) is 0 Å². The number of aryl methyl sites for hydroxylation is 1. The fourth-order valence-corrected chi connectivity index (χ4v) is 2.82. The molecule has 0 aliphatic carbocycles. The summed E-state index contributed by atoms with van der Waals surface area (Å²) in [7, 11) is 3.01. The third-order valence-electron chi connectivity index (χ3n) is 4.57. The van der Waals surface area contributed by atoms with Crippen LogP contribution in [-0.2, 0) is 4.79 Å². The van der Waals surface area contributed by atoms with Gasteiger partial charge in [-0.15, -0.1) is 0 Å². The van der Waals surface area contributed by atoms with Crippen LogP contribution >= 0.6 is 0 Å². The molecule has 0 atom stereocenters. The Bertz CT molecular complexity index is 1140. The lowest BCUT2D eigenvalue weighted by molar-refractivity contribution is -0.123. The molecular formula is C25H24N2O6. The molecule has 0 bridgehead atoms. The Hall–Kier alpha value is -4.33. The Balaban J connectivity index is 1.50. The number of carbonyl (C=O) groups is 2. The molecule has 0 aliphatic rings. The number of ether oxygens (including phenoxy) is 4. The van der Waals surface area contributed by atoms with Crippen molar-refractivity contribution in [1.82, 2.24) is 5.43 Å². The van der Waals surface area contributed by atoms with Crippen LogP contribution in [0.3, 0.4) is 0 Å². The van der Waals surface area contributed by atoms with Gasteiger partial charge in [0.05, 0.1) is 26.0 Å². The zero-order valence-corrected chi connectivity index (χ0v) is 18.5. The Labute approximate surface area is 191 Å². The third-order valence-corrected chi connectivity index (χ3v) is 4.57. The van der Waals surface area contributed by atoms with E-state index in [1.807, 2.05) is 25.1 Å². The predicted octanol–water partition coefficient (Wildman–Crippen LogP) is 3.76. The van der Waals surface area contributed by atoms with Gasteiger partial charge >= 0.3 is 5.97 Å². The Morgan fingerprint density at radius 2 is 1.64 bits per heavy atom. The first-order valence-corrected chi connectivity index (χ1v) is 10.0. The molecule has 0 fully saturated rings. The van der Waals surface area contributed by atoms with Crippen molar-refractivity contribution in [1.29, 1.82) is 0 Å². The van der Waals surface area contributed by atoms with Gasteiger partial charge in [0, 0.05) is 0 Å². The monoisotopic (exact) mass is 448 g/mol. The van der Waals surface area contributed by atoms with Crippen LogP contribution in [0.5, 0.6) is 23.0 Å². The number of nitrogens with one attached hydrogen (secondary N) is 1. The van der Waals surface area contributed by atoms with Crippen molar-refractivity contribution in [2.75, 3.05) is 20.8 Å². The molecule has 0 heterocycles. The van der Waals surface area contributed by atoms with Crippen LogP contribution in [0, 0.1) is 6.92 Å². The first-order chi connectivity index (χ1) is 16.0. The fourth-order valence-electron chi connectivity index (χ4n) is 2.82. The summed E-state index contributed by atoms with van der Waals surface area (Å²) >= 11 is 0. The summed E-state index contributed by atoms with van der Waals surface area (Å²) in [5.74, 6) is 1.06. The molecule has 0 radical (unpaired) electrons. The lowest BCUT2D eigenvalue weighted by Crippen LogP contribution is -2.24. The van der Waals surface area contributed by atoms with E-state index in [-0.39, 0.29) is 12.5 Å². The van der Waals surface area contributed by atoms with E-state index in [9.17, 15) is 9.59 Å². The molecule has 33 heavy (non-hydrogen) atoms. The molecule has 0 aromatic heterocycles. The largest absolute Gasteiger partial charge is 0.493 e. The summed E-state index contributed by atoms with van der Waals surface area (Å²) < 4.78 is 21.2. The smallest absolute Gasteiger partial charge is 0.343 e. The standard InChI is InChI=1S/C25H24N2O6/c1-17-6-4-5-7-21(17)32-16-24(28)27-26-15-18-8-11-20(12-9-18)33-25(29)19-10-13-22(30-2)23(14-19)31-3/h4-15H,16H2,1-3H3,(H,27,28)/b26-15+. The van der Waals surface area contributed by atoms with Gasteiger partial charge in [0.1, 0.15) is 11.5 Å². The summed E-state index contributed by atoms with van der Waals surface area (Å²) in [6.45, 7) is 1.76. The summed E-state index contributed by atoms with van der Waals surface area (Å²) in [5.41, 5.74) is 4.39. The van der Waals surface area contributed by atoms with E-state index in [1.165, 1.54) is 20.4 Å². The second kappa shape index (κ2) is 11.3. The molecule has 3 rings (SSSR count). The van der Waals surface area contributed by atoms with Crippen molar-refractivity contribution < 1.29 is 28.5 Å². The van der Waals surface area contributed by atoms with Crippen molar-refractivity contribution in [2.24, 2.45) is 5.10 Å². The summed E-state index contributed by atoms with van der Waals surface area (Å²) in [6, 6.07) is 18.9. The zero-order chi connectivity index (χ0) is 23.6. The normalized spacial score (nSPS) is 10.5. The third kappa shape index (κ3) is 6.57. The average Bonchev–Trinajstić information content (AvgIpc) is 2.84. The average molecular weight is 448 g/mol. The molecule has 1 N–H and O–H groups in total. The van der Waals surface area contributed by atoms with Gasteiger partial charge in [-0.1, -0.05) is 18.2 Å². The van der Waals surface area contributed by atoms with E-state index < -0.39 is 5.97 Å². The number of hydrogen-bond donors (Lipinski definition) is 1. The van der Waals surface area contributed by atoms with E-state index in [0.29, 0.717) is 34.1 Å². The predicted molar refractivity (Wildman–Crippen MR) is 123 cm³/mol. The zero-order valence-electron chi connectivity index (χ0n) is 18.5. The first-order valence-electron chi connectivity index (χ1n) is 10.0. The van der Waals surface area contributed by atoms with Crippen LogP contribution in [0.2, 0.25) is 0 Å². The van der Waals surface area contributed by atoms with Gasteiger partial charge in [0.25, 0.3) is 5.91 Å². The van der Waals surface area contributed by atoms with Gasteiger partial charge < -0.3 is 18.9 Å². The van der Waals surface area contributed by atoms with Gasteiger partial charge in [0.2, 0.25) is 0 Å².